The van der Waals surface area contributed by atoms with Gasteiger partial charge in [0.2, 0.25) is 0 Å². The molecule has 1 heterocycles. The highest BCUT2D eigenvalue weighted by Gasteiger charge is 2.11. The molecule has 2 rings (SSSR count). The quantitative estimate of drug-likeness (QED) is 0.746. The van der Waals surface area contributed by atoms with Crippen molar-refractivity contribution in [3.63, 3.8) is 0 Å². The fourth-order valence-corrected chi connectivity index (χ4v) is 2.97. The number of fused-ring (bicyclic) bond motifs is 1. The zero-order valence-corrected chi connectivity index (χ0v) is 9.48. The molecule has 0 aliphatic carbocycles. The molecule has 0 spiro atoms. The van der Waals surface area contributed by atoms with Gasteiger partial charge >= 0.3 is 0 Å². The second kappa shape index (κ2) is 3.28. The van der Waals surface area contributed by atoms with Crippen LogP contribution in [-0.4, -0.2) is 5.11 Å². The number of hydrogen-bond donors (Lipinski definition) is 1. The van der Waals surface area contributed by atoms with Crippen LogP contribution in [0.4, 0.5) is 0 Å². The van der Waals surface area contributed by atoms with E-state index >= 15 is 0 Å². The van der Waals surface area contributed by atoms with E-state index in [1.54, 1.807) is 6.07 Å². The molecule has 0 aliphatic rings. The molecule has 0 unspecified atom stereocenters. The summed E-state index contributed by atoms with van der Waals surface area (Å²) in [6, 6.07) is 5.60. The largest absolute Gasteiger partial charge is 0.508 e. The summed E-state index contributed by atoms with van der Waals surface area (Å²) in [6.07, 6.45) is 0. The summed E-state index contributed by atoms with van der Waals surface area (Å²) in [5.41, 5.74) is 1.32. The van der Waals surface area contributed by atoms with Gasteiger partial charge in [0.1, 0.15) is 5.75 Å². The average Bonchev–Trinajstić information content (AvgIpc) is 2.44. The zero-order chi connectivity index (χ0) is 10.3. The van der Waals surface area contributed by atoms with Crippen LogP contribution in [0.1, 0.15) is 30.2 Å². The van der Waals surface area contributed by atoms with Crippen molar-refractivity contribution in [3.05, 3.63) is 28.6 Å². The molecule has 2 heteroatoms. The van der Waals surface area contributed by atoms with Crippen LogP contribution in [0.3, 0.4) is 0 Å². The maximum absolute atomic E-state index is 9.41. The zero-order valence-electron chi connectivity index (χ0n) is 8.66. The van der Waals surface area contributed by atoms with E-state index in [0.29, 0.717) is 11.7 Å². The van der Waals surface area contributed by atoms with Gasteiger partial charge in [0, 0.05) is 9.58 Å². The third-order valence-corrected chi connectivity index (χ3v) is 4.05. The highest BCUT2D eigenvalue weighted by molar-refractivity contribution is 7.19. The minimum Gasteiger partial charge on any atom is -0.508 e. The van der Waals surface area contributed by atoms with Crippen molar-refractivity contribution in [1.82, 2.24) is 0 Å². The molecule has 2 aromatic rings. The minimum absolute atomic E-state index is 0.355. The van der Waals surface area contributed by atoms with Gasteiger partial charge in [-0.3, -0.25) is 0 Å². The van der Waals surface area contributed by atoms with Crippen molar-refractivity contribution in [2.45, 2.75) is 26.7 Å². The van der Waals surface area contributed by atoms with Gasteiger partial charge < -0.3 is 5.11 Å². The molecule has 0 bridgehead atoms. The fourth-order valence-electron chi connectivity index (χ4n) is 1.78. The molecular weight excluding hydrogens is 192 g/mol. The Bertz CT molecular complexity index is 468. The molecule has 74 valence electrons. The van der Waals surface area contributed by atoms with Gasteiger partial charge in [-0.15, -0.1) is 11.3 Å². The molecule has 1 nitrogen and oxygen atoms in total. The van der Waals surface area contributed by atoms with Crippen LogP contribution in [0.15, 0.2) is 18.2 Å². The summed E-state index contributed by atoms with van der Waals surface area (Å²) < 4.78 is 1.27. The highest BCUT2D eigenvalue weighted by atomic mass is 32.1. The Kier molecular flexibility index (Phi) is 2.23. The Hall–Kier alpha value is -1.02. The fraction of sp³-hybridized carbons (Fsp3) is 0.333. The lowest BCUT2D eigenvalue weighted by molar-refractivity contribution is 0.476. The molecule has 0 saturated heterocycles. The number of aryl methyl sites for hydroxylation is 1. The van der Waals surface area contributed by atoms with Crippen LogP contribution >= 0.6 is 11.3 Å². The molecule has 1 aromatic heterocycles. The second-order valence-corrected chi connectivity index (χ2v) is 5.01. The molecule has 0 radical (unpaired) electrons. The molecule has 0 aliphatic heterocycles. The van der Waals surface area contributed by atoms with Crippen LogP contribution < -0.4 is 0 Å². The number of phenolic OH excluding ortho intramolecular Hbond substituents is 1. The van der Waals surface area contributed by atoms with Crippen LogP contribution in [0.5, 0.6) is 5.75 Å². The van der Waals surface area contributed by atoms with Gasteiger partial charge in [0.15, 0.2) is 0 Å². The predicted octanol–water partition coefficient (Wildman–Crippen LogP) is 4.04. The van der Waals surface area contributed by atoms with E-state index in [1.807, 2.05) is 23.5 Å². The van der Waals surface area contributed by atoms with E-state index in [2.05, 4.69) is 20.8 Å². The van der Waals surface area contributed by atoms with Crippen LogP contribution in [-0.2, 0) is 0 Å². The first kappa shape index (κ1) is 9.53. The Balaban J connectivity index is 2.74. The Labute approximate surface area is 88.0 Å². The lowest BCUT2D eigenvalue weighted by atomic mass is 10.1. The van der Waals surface area contributed by atoms with Gasteiger partial charge in [-0.1, -0.05) is 13.8 Å². The molecular formula is C12H14OS. The average molecular weight is 206 g/mol. The highest BCUT2D eigenvalue weighted by Crippen LogP contribution is 2.36. The number of hydrogen-bond acceptors (Lipinski definition) is 2. The van der Waals surface area contributed by atoms with Gasteiger partial charge in [-0.25, -0.2) is 0 Å². The van der Waals surface area contributed by atoms with Crippen molar-refractivity contribution in [2.75, 3.05) is 0 Å². The molecule has 0 atom stereocenters. The maximum atomic E-state index is 9.41. The van der Waals surface area contributed by atoms with E-state index in [-0.39, 0.29) is 0 Å². The molecule has 0 amide bonds. The first-order valence-corrected chi connectivity index (χ1v) is 5.63. The van der Waals surface area contributed by atoms with Crippen molar-refractivity contribution < 1.29 is 5.11 Å². The number of phenols is 1. The molecule has 1 N–H and O–H groups in total. The van der Waals surface area contributed by atoms with Crippen molar-refractivity contribution in [2.24, 2.45) is 0 Å². The summed E-state index contributed by atoms with van der Waals surface area (Å²) in [5, 5.41) is 10.6. The van der Waals surface area contributed by atoms with Gasteiger partial charge in [-0.2, -0.15) is 0 Å². The van der Waals surface area contributed by atoms with E-state index < -0.39 is 0 Å². The number of aromatic hydroxyl groups is 1. The van der Waals surface area contributed by atoms with Gasteiger partial charge in [0.05, 0.1) is 0 Å². The molecule has 0 fully saturated rings. The number of thiophene rings is 1. The molecule has 14 heavy (non-hydrogen) atoms. The van der Waals surface area contributed by atoms with Crippen molar-refractivity contribution in [1.29, 1.82) is 0 Å². The summed E-state index contributed by atoms with van der Waals surface area (Å²) in [6.45, 7) is 6.54. The summed E-state index contributed by atoms with van der Waals surface area (Å²) >= 11 is 1.83. The normalized spacial score (nSPS) is 11.4. The monoisotopic (exact) mass is 206 g/mol. The lowest BCUT2D eigenvalue weighted by Crippen LogP contribution is -1.83. The number of benzene rings is 1. The van der Waals surface area contributed by atoms with Crippen molar-refractivity contribution in [3.8, 4) is 5.75 Å². The van der Waals surface area contributed by atoms with Crippen LogP contribution in [0.25, 0.3) is 10.1 Å². The van der Waals surface area contributed by atoms with E-state index in [1.165, 1.54) is 20.5 Å². The smallest absolute Gasteiger partial charge is 0.116 e. The van der Waals surface area contributed by atoms with Gasteiger partial charge in [0.25, 0.3) is 0 Å². The first-order valence-electron chi connectivity index (χ1n) is 4.81. The van der Waals surface area contributed by atoms with E-state index in [9.17, 15) is 5.11 Å². The SMILES string of the molecule is Cc1c(C(C)C)sc2ccc(O)cc12. The van der Waals surface area contributed by atoms with Crippen LogP contribution in [0, 0.1) is 6.92 Å². The summed E-state index contributed by atoms with van der Waals surface area (Å²) in [5.74, 6) is 0.920. The lowest BCUT2D eigenvalue weighted by Gasteiger charge is -2.01. The summed E-state index contributed by atoms with van der Waals surface area (Å²) in [4.78, 5) is 1.42. The number of rotatable bonds is 1. The maximum Gasteiger partial charge on any atom is 0.116 e. The third kappa shape index (κ3) is 1.40. The standard InChI is InChI=1S/C12H14OS/c1-7(2)12-8(3)10-6-9(13)4-5-11(10)14-12/h4-7,13H,1-3H3. The first-order chi connectivity index (χ1) is 6.59. The molecule has 1 aromatic carbocycles. The Morgan fingerprint density at radius 2 is 2.00 bits per heavy atom. The third-order valence-electron chi connectivity index (χ3n) is 2.48. The van der Waals surface area contributed by atoms with E-state index in [4.69, 9.17) is 0 Å². The minimum atomic E-state index is 0.355. The second-order valence-electron chi connectivity index (χ2n) is 3.93. The predicted molar refractivity (Wildman–Crippen MR) is 62.3 cm³/mol. The van der Waals surface area contributed by atoms with Crippen LogP contribution in [0.2, 0.25) is 0 Å². The summed E-state index contributed by atoms with van der Waals surface area (Å²) in [7, 11) is 0. The molecule has 0 saturated carbocycles. The van der Waals surface area contributed by atoms with E-state index in [0.717, 1.165) is 0 Å². The topological polar surface area (TPSA) is 20.2 Å². The van der Waals surface area contributed by atoms with Gasteiger partial charge in [-0.05, 0) is 42.0 Å². The Morgan fingerprint density at radius 1 is 1.29 bits per heavy atom. The van der Waals surface area contributed by atoms with Crippen molar-refractivity contribution >= 4 is 21.4 Å². The Morgan fingerprint density at radius 3 is 2.64 bits per heavy atom.